The fraction of sp³-hybridized carbons (Fsp3) is 0.600. The number of benzene rings is 1. The van der Waals surface area contributed by atoms with Crippen molar-refractivity contribution in [3.8, 4) is 0 Å². The lowest BCUT2D eigenvalue weighted by atomic mass is 9.92. The molecule has 1 aliphatic rings. The molecule has 0 aromatic heterocycles. The Hall–Kier alpha value is -1.33. The van der Waals surface area contributed by atoms with Gasteiger partial charge in [-0.1, -0.05) is 12.8 Å². The van der Waals surface area contributed by atoms with Gasteiger partial charge in [0.15, 0.2) is 0 Å². The molecule has 0 amide bonds. The molecule has 1 aromatic rings. The Morgan fingerprint density at radius 1 is 0.962 bits per heavy atom. The first kappa shape index (κ1) is 21.0. The molecule has 1 saturated carbocycles. The molecule has 1 fully saturated rings. The van der Waals surface area contributed by atoms with Crippen molar-refractivity contribution in [2.24, 2.45) is 5.73 Å². The van der Waals surface area contributed by atoms with Crippen LogP contribution in [0.25, 0.3) is 0 Å². The molecule has 0 bridgehead atoms. The quantitative estimate of drug-likeness (QED) is 0.756. The van der Waals surface area contributed by atoms with Crippen LogP contribution in [0.5, 0.6) is 0 Å². The molecule has 0 radical (unpaired) electrons. The number of sulfonamides is 1. The number of rotatable bonds is 4. The topological polar surface area (TPSA) is 72.2 Å². The molecule has 4 nitrogen and oxygen atoms in total. The second-order valence-electron chi connectivity index (χ2n) is 6.35. The van der Waals surface area contributed by atoms with E-state index in [1.165, 1.54) is 0 Å². The Kier molecular flexibility index (Phi) is 5.93. The minimum atomic E-state index is -5.03. The van der Waals surface area contributed by atoms with E-state index >= 15 is 0 Å². The maximum absolute atomic E-state index is 12.8. The van der Waals surface area contributed by atoms with E-state index in [-0.39, 0.29) is 6.07 Å². The highest BCUT2D eigenvalue weighted by molar-refractivity contribution is 7.88. The van der Waals surface area contributed by atoms with Crippen LogP contribution in [-0.4, -0.2) is 20.5 Å². The third-order valence-corrected chi connectivity index (χ3v) is 5.53. The van der Waals surface area contributed by atoms with Gasteiger partial charge in [0.25, 0.3) is 0 Å². The maximum Gasteiger partial charge on any atom is 0.416 e. The smallest absolute Gasteiger partial charge is 0.326 e. The van der Waals surface area contributed by atoms with Crippen molar-refractivity contribution >= 4 is 10.0 Å². The highest BCUT2D eigenvalue weighted by Crippen LogP contribution is 2.36. The second-order valence-corrected chi connectivity index (χ2v) is 8.10. The normalized spacial score (nSPS) is 22.4. The van der Waals surface area contributed by atoms with Gasteiger partial charge in [-0.25, -0.2) is 13.1 Å². The molecule has 2 unspecified atom stereocenters. The first-order chi connectivity index (χ1) is 11.8. The Labute approximate surface area is 146 Å². The lowest BCUT2D eigenvalue weighted by Crippen LogP contribution is -2.49. The maximum atomic E-state index is 12.8. The summed E-state index contributed by atoms with van der Waals surface area (Å²) in [6.45, 7) is 0. The van der Waals surface area contributed by atoms with E-state index < -0.39 is 56.9 Å². The van der Waals surface area contributed by atoms with Gasteiger partial charge in [0.2, 0.25) is 10.0 Å². The van der Waals surface area contributed by atoms with Gasteiger partial charge in [-0.2, -0.15) is 26.3 Å². The molecule has 26 heavy (non-hydrogen) atoms. The average molecular weight is 404 g/mol. The summed E-state index contributed by atoms with van der Waals surface area (Å²) >= 11 is 0. The molecule has 11 heteroatoms. The van der Waals surface area contributed by atoms with Crippen LogP contribution in [0.4, 0.5) is 26.3 Å². The summed E-state index contributed by atoms with van der Waals surface area (Å²) in [5.41, 5.74) is 2.13. The van der Waals surface area contributed by atoms with Crippen molar-refractivity contribution in [3.05, 3.63) is 34.9 Å². The van der Waals surface area contributed by atoms with Crippen molar-refractivity contribution in [2.45, 2.75) is 55.9 Å². The molecule has 1 aliphatic carbocycles. The molecular weight excluding hydrogens is 386 g/mol. The Balaban J connectivity index is 2.29. The van der Waals surface area contributed by atoms with Crippen LogP contribution in [0.3, 0.4) is 0 Å². The van der Waals surface area contributed by atoms with Crippen LogP contribution in [0, 0.1) is 0 Å². The van der Waals surface area contributed by atoms with Gasteiger partial charge in [-0.3, -0.25) is 0 Å². The van der Waals surface area contributed by atoms with Crippen LogP contribution < -0.4 is 10.5 Å². The minimum Gasteiger partial charge on any atom is -0.326 e. The van der Waals surface area contributed by atoms with E-state index in [1.807, 2.05) is 0 Å². The summed E-state index contributed by atoms with van der Waals surface area (Å²) in [7, 11) is -4.16. The van der Waals surface area contributed by atoms with Gasteiger partial charge in [-0.05, 0) is 36.6 Å². The molecule has 2 atom stereocenters. The average Bonchev–Trinajstić information content (AvgIpc) is 2.47. The van der Waals surface area contributed by atoms with Crippen LogP contribution in [0.2, 0.25) is 0 Å². The van der Waals surface area contributed by atoms with Crippen molar-refractivity contribution in [1.82, 2.24) is 4.72 Å². The zero-order valence-corrected chi connectivity index (χ0v) is 14.3. The third kappa shape index (κ3) is 5.58. The summed E-state index contributed by atoms with van der Waals surface area (Å²) in [5, 5.41) is 0. The predicted molar refractivity (Wildman–Crippen MR) is 82.4 cm³/mol. The van der Waals surface area contributed by atoms with Crippen molar-refractivity contribution in [3.63, 3.8) is 0 Å². The molecule has 0 heterocycles. The highest BCUT2D eigenvalue weighted by Gasteiger charge is 2.37. The summed E-state index contributed by atoms with van der Waals surface area (Å²) in [5.74, 6) is -0.997. The van der Waals surface area contributed by atoms with E-state index in [1.54, 1.807) is 0 Å². The van der Waals surface area contributed by atoms with Crippen LogP contribution in [0.1, 0.15) is 42.4 Å². The SMILES string of the molecule is NC1CCCCC1NS(=O)(=O)Cc1cc(C(F)(F)F)cc(C(F)(F)F)c1. The summed E-state index contributed by atoms with van der Waals surface area (Å²) in [6, 6.07) is -0.238. The summed E-state index contributed by atoms with van der Waals surface area (Å²) in [6.07, 6.45) is -7.42. The summed E-state index contributed by atoms with van der Waals surface area (Å²) in [4.78, 5) is 0. The van der Waals surface area contributed by atoms with Crippen molar-refractivity contribution < 1.29 is 34.8 Å². The fourth-order valence-electron chi connectivity index (χ4n) is 2.90. The number of hydrogen-bond donors (Lipinski definition) is 2. The van der Waals surface area contributed by atoms with Gasteiger partial charge >= 0.3 is 12.4 Å². The van der Waals surface area contributed by atoms with Crippen molar-refractivity contribution in [2.75, 3.05) is 0 Å². The van der Waals surface area contributed by atoms with E-state index in [9.17, 15) is 34.8 Å². The Morgan fingerprint density at radius 3 is 1.92 bits per heavy atom. The first-order valence-electron chi connectivity index (χ1n) is 7.82. The molecule has 0 spiro atoms. The zero-order valence-electron chi connectivity index (χ0n) is 13.5. The zero-order chi connectivity index (χ0) is 19.8. The highest BCUT2D eigenvalue weighted by atomic mass is 32.2. The molecule has 0 saturated heterocycles. The summed E-state index contributed by atoms with van der Waals surface area (Å²) < 4.78 is 104. The number of nitrogens with one attached hydrogen (secondary N) is 1. The van der Waals surface area contributed by atoms with Gasteiger partial charge in [-0.15, -0.1) is 0 Å². The van der Waals surface area contributed by atoms with Gasteiger partial charge in [0, 0.05) is 12.1 Å². The number of alkyl halides is 6. The predicted octanol–water partition coefficient (Wildman–Crippen LogP) is 3.41. The van der Waals surface area contributed by atoms with Crippen LogP contribution >= 0.6 is 0 Å². The van der Waals surface area contributed by atoms with E-state index in [2.05, 4.69) is 4.72 Å². The number of halogens is 6. The number of nitrogens with two attached hydrogens (primary N) is 1. The first-order valence-corrected chi connectivity index (χ1v) is 9.47. The van der Waals surface area contributed by atoms with E-state index in [0.29, 0.717) is 25.0 Å². The molecule has 2 rings (SSSR count). The number of hydrogen-bond acceptors (Lipinski definition) is 3. The molecule has 3 N–H and O–H groups in total. The van der Waals surface area contributed by atoms with Crippen LogP contribution in [-0.2, 0) is 28.1 Å². The largest absolute Gasteiger partial charge is 0.416 e. The molecule has 1 aromatic carbocycles. The van der Waals surface area contributed by atoms with E-state index in [4.69, 9.17) is 5.73 Å². The Bertz CT molecular complexity index is 713. The van der Waals surface area contributed by atoms with Crippen molar-refractivity contribution in [1.29, 1.82) is 0 Å². The lowest BCUT2D eigenvalue weighted by molar-refractivity contribution is -0.143. The van der Waals surface area contributed by atoms with Gasteiger partial charge < -0.3 is 5.73 Å². The van der Waals surface area contributed by atoms with E-state index in [0.717, 1.165) is 12.8 Å². The standard InChI is InChI=1S/C15H18F6N2O2S/c16-14(17,18)10-5-9(6-11(7-10)15(19,20)21)8-26(24,25)23-13-4-2-1-3-12(13)22/h5-7,12-13,23H,1-4,8,22H2. The molecule has 148 valence electrons. The van der Waals surface area contributed by atoms with Gasteiger partial charge in [0.1, 0.15) is 0 Å². The molecule has 0 aliphatic heterocycles. The Morgan fingerprint density at radius 2 is 1.46 bits per heavy atom. The van der Waals surface area contributed by atoms with Crippen LogP contribution in [0.15, 0.2) is 18.2 Å². The minimum absolute atomic E-state index is 0.0411. The second kappa shape index (κ2) is 7.35. The monoisotopic (exact) mass is 404 g/mol. The lowest BCUT2D eigenvalue weighted by Gasteiger charge is -2.29. The third-order valence-electron chi connectivity index (χ3n) is 4.15. The van der Waals surface area contributed by atoms with Gasteiger partial charge in [0.05, 0.1) is 16.9 Å². The fourth-order valence-corrected chi connectivity index (χ4v) is 4.34. The molecular formula is C15H18F6N2O2S.